The van der Waals surface area contributed by atoms with Gasteiger partial charge in [-0.2, -0.15) is 0 Å². The van der Waals surface area contributed by atoms with Crippen LogP contribution in [0.4, 0.5) is 4.32 Å². The second-order valence-corrected chi connectivity index (χ2v) is 1.65. The Morgan fingerprint density at radius 2 is 2.00 bits per heavy atom. The molecule has 0 nitrogen and oxygen atoms in total. The SMILES string of the molecule is FB=C1C=CCC=C1. The number of allylic oxidation sites excluding steroid dienone is 4. The molecule has 40 valence electrons. The van der Waals surface area contributed by atoms with Crippen LogP contribution in [0.5, 0.6) is 0 Å². The molecule has 0 bridgehead atoms. The molecular formula is C6H6BF. The van der Waals surface area contributed by atoms with Gasteiger partial charge < -0.3 is 0 Å². The third-order valence-corrected chi connectivity index (χ3v) is 1.02. The molecule has 0 aromatic carbocycles. The predicted octanol–water partition coefficient (Wildman–Crippen LogP) is 1.26. The molecule has 0 saturated heterocycles. The van der Waals surface area contributed by atoms with Crippen molar-refractivity contribution in [2.24, 2.45) is 0 Å². The molecule has 1 rings (SSSR count). The van der Waals surface area contributed by atoms with Gasteiger partial charge in [0, 0.05) is 0 Å². The Balaban J connectivity index is 2.69. The van der Waals surface area contributed by atoms with Gasteiger partial charge in [-0.1, -0.05) is 0 Å². The van der Waals surface area contributed by atoms with E-state index in [0.717, 1.165) is 6.42 Å². The van der Waals surface area contributed by atoms with E-state index in [2.05, 4.69) is 0 Å². The summed E-state index contributed by atoms with van der Waals surface area (Å²) in [6.07, 6.45) is 8.30. The Morgan fingerprint density at radius 1 is 1.38 bits per heavy atom. The van der Waals surface area contributed by atoms with Gasteiger partial charge >= 0.3 is 47.7 Å². The molecule has 0 N–H and O–H groups in total. The van der Waals surface area contributed by atoms with Gasteiger partial charge in [0.05, 0.1) is 0 Å². The van der Waals surface area contributed by atoms with Crippen molar-refractivity contribution in [3.63, 3.8) is 0 Å². The molecule has 8 heavy (non-hydrogen) atoms. The van der Waals surface area contributed by atoms with Crippen LogP contribution in [0.3, 0.4) is 0 Å². The quantitative estimate of drug-likeness (QED) is 0.410. The van der Waals surface area contributed by atoms with Gasteiger partial charge in [-0.25, -0.2) is 0 Å². The Bertz CT molecular complexity index is 142. The van der Waals surface area contributed by atoms with E-state index in [1.165, 1.54) is 0 Å². The molecule has 0 aliphatic heterocycles. The van der Waals surface area contributed by atoms with Crippen LogP contribution in [-0.2, 0) is 0 Å². The van der Waals surface area contributed by atoms with Crippen LogP contribution in [0, 0.1) is 0 Å². The van der Waals surface area contributed by atoms with Crippen molar-refractivity contribution in [3.05, 3.63) is 24.3 Å². The summed E-state index contributed by atoms with van der Waals surface area (Å²) < 4.78 is 11.6. The second kappa shape index (κ2) is 2.60. The summed E-state index contributed by atoms with van der Waals surface area (Å²) in [5.41, 5.74) is 0.649. The molecule has 0 heterocycles. The Morgan fingerprint density at radius 3 is 2.38 bits per heavy atom. The van der Waals surface area contributed by atoms with E-state index in [-0.39, 0.29) is 0 Å². The van der Waals surface area contributed by atoms with Crippen molar-refractivity contribution < 1.29 is 4.32 Å². The summed E-state index contributed by atoms with van der Waals surface area (Å²) in [5, 5.41) is 0. The van der Waals surface area contributed by atoms with E-state index in [1.54, 1.807) is 12.2 Å². The molecule has 0 aromatic heterocycles. The third-order valence-electron chi connectivity index (χ3n) is 1.02. The molecule has 0 fully saturated rings. The Hall–Kier alpha value is -0.655. The Kier molecular flexibility index (Phi) is 1.78. The van der Waals surface area contributed by atoms with E-state index in [9.17, 15) is 4.32 Å². The Labute approximate surface area is 48.7 Å². The fourth-order valence-corrected chi connectivity index (χ4v) is 0.615. The minimum absolute atomic E-state index is 0.603. The van der Waals surface area contributed by atoms with Gasteiger partial charge in [-0.15, -0.1) is 0 Å². The van der Waals surface area contributed by atoms with E-state index < -0.39 is 0 Å². The van der Waals surface area contributed by atoms with Gasteiger partial charge in [-0.05, 0) is 0 Å². The molecular weight excluding hydrogens is 102 g/mol. The third kappa shape index (κ3) is 1.16. The van der Waals surface area contributed by atoms with Crippen molar-refractivity contribution in [1.29, 1.82) is 0 Å². The standard InChI is InChI=1S/C6H6BF/c8-7-6-4-2-1-3-5-6/h2-5H,1H2. The zero-order valence-corrected chi connectivity index (χ0v) is 4.47. The van der Waals surface area contributed by atoms with Crippen molar-refractivity contribution in [2.45, 2.75) is 6.42 Å². The van der Waals surface area contributed by atoms with E-state index in [0.29, 0.717) is 12.7 Å². The van der Waals surface area contributed by atoms with Gasteiger partial charge in [0.1, 0.15) is 0 Å². The molecule has 2 heteroatoms. The van der Waals surface area contributed by atoms with Gasteiger partial charge in [0.15, 0.2) is 0 Å². The first-order valence-electron chi connectivity index (χ1n) is 2.57. The summed E-state index contributed by atoms with van der Waals surface area (Å²) >= 11 is 0. The summed E-state index contributed by atoms with van der Waals surface area (Å²) in [4.78, 5) is 0. The molecule has 0 unspecified atom stereocenters. The molecule has 0 amide bonds. The first-order valence-corrected chi connectivity index (χ1v) is 2.57. The molecule has 0 radical (unpaired) electrons. The van der Waals surface area contributed by atoms with Crippen molar-refractivity contribution >= 4 is 12.7 Å². The molecule has 1 aliphatic rings. The monoisotopic (exact) mass is 108 g/mol. The van der Waals surface area contributed by atoms with E-state index in [4.69, 9.17) is 0 Å². The van der Waals surface area contributed by atoms with Crippen LogP contribution in [-0.4, -0.2) is 12.7 Å². The molecule has 0 saturated carbocycles. The zero-order valence-electron chi connectivity index (χ0n) is 4.47. The summed E-state index contributed by atoms with van der Waals surface area (Å²) in [6.45, 7) is 0. The van der Waals surface area contributed by atoms with Crippen LogP contribution in [0.15, 0.2) is 24.3 Å². The van der Waals surface area contributed by atoms with E-state index in [1.807, 2.05) is 12.2 Å². The van der Waals surface area contributed by atoms with Crippen LogP contribution in [0.25, 0.3) is 0 Å². The topological polar surface area (TPSA) is 0 Å². The number of halogens is 1. The van der Waals surface area contributed by atoms with Crippen molar-refractivity contribution in [2.75, 3.05) is 0 Å². The average molecular weight is 108 g/mol. The number of hydrogen-bond acceptors (Lipinski definition) is 0. The molecule has 0 atom stereocenters. The van der Waals surface area contributed by atoms with Crippen molar-refractivity contribution in [1.82, 2.24) is 0 Å². The first-order chi connectivity index (χ1) is 3.93. The zero-order chi connectivity index (χ0) is 5.82. The van der Waals surface area contributed by atoms with Gasteiger partial charge in [-0.3, -0.25) is 0 Å². The fourth-order valence-electron chi connectivity index (χ4n) is 0.615. The second-order valence-electron chi connectivity index (χ2n) is 1.65. The minimum atomic E-state index is 0.603. The van der Waals surface area contributed by atoms with Crippen LogP contribution in [0.1, 0.15) is 6.42 Å². The van der Waals surface area contributed by atoms with Gasteiger partial charge in [0.2, 0.25) is 0 Å². The number of rotatable bonds is 0. The maximum absolute atomic E-state index is 11.6. The summed E-state index contributed by atoms with van der Waals surface area (Å²) in [7, 11) is 0.603. The van der Waals surface area contributed by atoms with Crippen LogP contribution in [0.2, 0.25) is 0 Å². The predicted molar refractivity (Wildman–Crippen MR) is 34.8 cm³/mol. The molecule has 0 spiro atoms. The summed E-state index contributed by atoms with van der Waals surface area (Å²) in [5.74, 6) is 0. The van der Waals surface area contributed by atoms with E-state index >= 15 is 0 Å². The molecule has 0 aromatic rings. The normalized spacial score (nSPS) is 16.4. The van der Waals surface area contributed by atoms with Gasteiger partial charge in [0.25, 0.3) is 0 Å². The fraction of sp³-hybridized carbons (Fsp3) is 0.167. The van der Waals surface area contributed by atoms with Crippen molar-refractivity contribution in [3.8, 4) is 0 Å². The van der Waals surface area contributed by atoms with Crippen LogP contribution < -0.4 is 0 Å². The van der Waals surface area contributed by atoms with Crippen LogP contribution >= 0.6 is 0 Å². The number of hydrogen-bond donors (Lipinski definition) is 0. The first kappa shape index (κ1) is 5.48. The maximum atomic E-state index is 11.6. The summed E-state index contributed by atoms with van der Waals surface area (Å²) in [6, 6.07) is 0. The average Bonchev–Trinajstić information content (AvgIpc) is 1.90. The molecule has 1 aliphatic carbocycles.